The second kappa shape index (κ2) is 9.27. The fourth-order valence-electron chi connectivity index (χ4n) is 3.05. The molecular weight excluding hydrogens is 373 g/mol. The van der Waals surface area contributed by atoms with Crippen LogP contribution < -0.4 is 15.6 Å². The number of carbonyl (C=O) groups is 2. The number of hydrogen-bond acceptors (Lipinski definition) is 4. The van der Waals surface area contributed by atoms with Crippen LogP contribution in [-0.2, 0) is 19.6 Å². The number of sulfonamides is 1. The van der Waals surface area contributed by atoms with E-state index in [-0.39, 0.29) is 11.8 Å². The van der Waals surface area contributed by atoms with Crippen molar-refractivity contribution >= 4 is 21.8 Å². The molecule has 0 bridgehead atoms. The SMILES string of the molecule is CC(C)[C@@H](NS(=O)(=O)c1ccccc1F)C(=O)NNC(=O)C1CCCCC1. The average molecular weight is 399 g/mol. The van der Waals surface area contributed by atoms with Gasteiger partial charge < -0.3 is 0 Å². The molecule has 1 aliphatic carbocycles. The fraction of sp³-hybridized carbons (Fsp3) is 0.556. The van der Waals surface area contributed by atoms with E-state index in [0.717, 1.165) is 44.2 Å². The first-order valence-electron chi connectivity index (χ1n) is 9.09. The summed E-state index contributed by atoms with van der Waals surface area (Å²) in [7, 11) is -4.24. The molecule has 1 aliphatic rings. The number of carbonyl (C=O) groups excluding carboxylic acids is 2. The number of hydrazine groups is 1. The monoisotopic (exact) mass is 399 g/mol. The number of nitrogens with one attached hydrogen (secondary N) is 3. The Morgan fingerprint density at radius 1 is 1.07 bits per heavy atom. The maximum absolute atomic E-state index is 13.8. The summed E-state index contributed by atoms with van der Waals surface area (Å²) in [6.07, 6.45) is 4.60. The third kappa shape index (κ3) is 5.74. The summed E-state index contributed by atoms with van der Waals surface area (Å²) in [5.74, 6) is -2.44. The largest absolute Gasteiger partial charge is 0.273 e. The fourth-order valence-corrected chi connectivity index (χ4v) is 4.48. The smallest absolute Gasteiger partial charge is 0.256 e. The van der Waals surface area contributed by atoms with Gasteiger partial charge >= 0.3 is 0 Å². The van der Waals surface area contributed by atoms with Crippen molar-refractivity contribution < 1.29 is 22.4 Å². The van der Waals surface area contributed by atoms with E-state index < -0.39 is 38.6 Å². The minimum Gasteiger partial charge on any atom is -0.273 e. The molecule has 1 atom stereocenters. The molecule has 2 rings (SSSR count). The molecule has 2 amide bonds. The molecule has 1 aromatic rings. The van der Waals surface area contributed by atoms with Gasteiger partial charge in [-0.2, -0.15) is 4.72 Å². The molecule has 0 spiro atoms. The van der Waals surface area contributed by atoms with Crippen molar-refractivity contribution in [2.75, 3.05) is 0 Å². The van der Waals surface area contributed by atoms with Crippen LogP contribution in [0.1, 0.15) is 46.0 Å². The van der Waals surface area contributed by atoms with Gasteiger partial charge in [-0.1, -0.05) is 45.2 Å². The summed E-state index contributed by atoms with van der Waals surface area (Å²) in [4.78, 5) is 24.0. The minimum absolute atomic E-state index is 0.147. The predicted molar refractivity (Wildman–Crippen MR) is 98.2 cm³/mol. The molecule has 0 aliphatic heterocycles. The van der Waals surface area contributed by atoms with Crippen LogP contribution in [0.5, 0.6) is 0 Å². The second-order valence-corrected chi connectivity index (χ2v) is 8.77. The average Bonchev–Trinajstić information content (AvgIpc) is 2.64. The zero-order chi connectivity index (χ0) is 20.0. The quantitative estimate of drug-likeness (QED) is 0.635. The van der Waals surface area contributed by atoms with Crippen LogP contribution in [0.4, 0.5) is 4.39 Å². The summed E-state index contributed by atoms with van der Waals surface area (Å²) in [5.41, 5.74) is 4.67. The highest BCUT2D eigenvalue weighted by Gasteiger charge is 2.30. The summed E-state index contributed by atoms with van der Waals surface area (Å²) in [6, 6.07) is 3.76. The van der Waals surface area contributed by atoms with Gasteiger partial charge in [-0.15, -0.1) is 0 Å². The molecule has 0 radical (unpaired) electrons. The standard InChI is InChI=1S/C18H26FN3O4S/c1-12(2)16(22-27(25,26)15-11-7-6-10-14(15)19)18(24)21-20-17(23)13-8-4-3-5-9-13/h6-7,10-13,16,22H,3-5,8-9H2,1-2H3,(H,20,23)(H,21,24)/t16-/m1/s1. The van der Waals surface area contributed by atoms with E-state index in [2.05, 4.69) is 15.6 Å². The number of hydrogen-bond donors (Lipinski definition) is 3. The highest BCUT2D eigenvalue weighted by molar-refractivity contribution is 7.89. The Labute approximate surface area is 159 Å². The Morgan fingerprint density at radius 2 is 1.70 bits per heavy atom. The van der Waals surface area contributed by atoms with E-state index in [0.29, 0.717) is 0 Å². The molecule has 0 heterocycles. The van der Waals surface area contributed by atoms with E-state index in [4.69, 9.17) is 0 Å². The Kier molecular flexibility index (Phi) is 7.32. The van der Waals surface area contributed by atoms with Gasteiger partial charge in [0.1, 0.15) is 16.8 Å². The topological polar surface area (TPSA) is 104 Å². The second-order valence-electron chi connectivity index (χ2n) is 7.09. The minimum atomic E-state index is -4.24. The molecule has 0 unspecified atom stereocenters. The summed E-state index contributed by atoms with van der Waals surface area (Å²) in [5, 5.41) is 0. The number of rotatable bonds is 6. The van der Waals surface area contributed by atoms with Crippen molar-refractivity contribution in [2.45, 2.75) is 56.9 Å². The van der Waals surface area contributed by atoms with E-state index in [9.17, 15) is 22.4 Å². The van der Waals surface area contributed by atoms with Gasteiger partial charge in [0.2, 0.25) is 15.9 Å². The van der Waals surface area contributed by atoms with Gasteiger partial charge in [-0.3, -0.25) is 20.4 Å². The zero-order valence-corrected chi connectivity index (χ0v) is 16.3. The molecule has 0 aromatic heterocycles. The van der Waals surface area contributed by atoms with Crippen molar-refractivity contribution in [2.24, 2.45) is 11.8 Å². The Balaban J connectivity index is 2.02. The number of halogens is 1. The lowest BCUT2D eigenvalue weighted by Gasteiger charge is -2.24. The van der Waals surface area contributed by atoms with Crippen LogP contribution in [0.3, 0.4) is 0 Å². The Hall–Kier alpha value is -2.00. The first kappa shape index (κ1) is 21.3. The first-order chi connectivity index (χ1) is 12.7. The summed E-state index contributed by atoms with van der Waals surface area (Å²) >= 11 is 0. The third-order valence-corrected chi connectivity index (χ3v) is 6.12. The number of amides is 2. The van der Waals surface area contributed by atoms with Crippen LogP contribution in [0.15, 0.2) is 29.2 Å². The lowest BCUT2D eigenvalue weighted by molar-refractivity contribution is -0.132. The van der Waals surface area contributed by atoms with Crippen LogP contribution in [0.25, 0.3) is 0 Å². The van der Waals surface area contributed by atoms with Crippen LogP contribution in [0.2, 0.25) is 0 Å². The van der Waals surface area contributed by atoms with Crippen molar-refractivity contribution in [3.8, 4) is 0 Å². The number of benzene rings is 1. The molecule has 27 heavy (non-hydrogen) atoms. The molecular formula is C18H26FN3O4S. The highest BCUT2D eigenvalue weighted by atomic mass is 32.2. The maximum atomic E-state index is 13.8. The van der Waals surface area contributed by atoms with Crippen LogP contribution in [-0.4, -0.2) is 26.3 Å². The van der Waals surface area contributed by atoms with Gasteiger partial charge in [0.25, 0.3) is 5.91 Å². The molecule has 1 aromatic carbocycles. The Morgan fingerprint density at radius 3 is 2.30 bits per heavy atom. The van der Waals surface area contributed by atoms with Gasteiger partial charge in [0.15, 0.2) is 0 Å². The molecule has 7 nitrogen and oxygen atoms in total. The predicted octanol–water partition coefficient (Wildman–Crippen LogP) is 1.86. The summed E-state index contributed by atoms with van der Waals surface area (Å²) in [6.45, 7) is 3.30. The molecule has 3 N–H and O–H groups in total. The third-order valence-electron chi connectivity index (χ3n) is 4.64. The molecule has 150 valence electrons. The van der Waals surface area contributed by atoms with Gasteiger partial charge in [-0.25, -0.2) is 12.8 Å². The molecule has 0 saturated heterocycles. The molecule has 1 saturated carbocycles. The van der Waals surface area contributed by atoms with E-state index >= 15 is 0 Å². The van der Waals surface area contributed by atoms with Crippen LogP contribution in [0, 0.1) is 17.7 Å². The van der Waals surface area contributed by atoms with E-state index in [1.54, 1.807) is 13.8 Å². The van der Waals surface area contributed by atoms with Crippen LogP contribution >= 0.6 is 0 Å². The summed E-state index contributed by atoms with van der Waals surface area (Å²) < 4.78 is 40.9. The zero-order valence-electron chi connectivity index (χ0n) is 15.5. The maximum Gasteiger partial charge on any atom is 0.256 e. The highest BCUT2D eigenvalue weighted by Crippen LogP contribution is 2.23. The lowest BCUT2D eigenvalue weighted by Crippen LogP contribution is -2.55. The first-order valence-corrected chi connectivity index (χ1v) is 10.6. The van der Waals surface area contributed by atoms with Crippen molar-refractivity contribution in [3.05, 3.63) is 30.1 Å². The van der Waals surface area contributed by atoms with Crippen molar-refractivity contribution in [3.63, 3.8) is 0 Å². The molecule has 1 fully saturated rings. The van der Waals surface area contributed by atoms with E-state index in [1.807, 2.05) is 0 Å². The molecule has 9 heteroatoms. The van der Waals surface area contributed by atoms with Gasteiger partial charge in [-0.05, 0) is 30.9 Å². The van der Waals surface area contributed by atoms with E-state index in [1.165, 1.54) is 12.1 Å². The normalized spacial score (nSPS) is 16.7. The van der Waals surface area contributed by atoms with Crippen molar-refractivity contribution in [1.82, 2.24) is 15.6 Å². The van der Waals surface area contributed by atoms with Crippen molar-refractivity contribution in [1.29, 1.82) is 0 Å². The van der Waals surface area contributed by atoms with Gasteiger partial charge in [0, 0.05) is 5.92 Å². The van der Waals surface area contributed by atoms with Gasteiger partial charge in [0.05, 0.1) is 0 Å². The Bertz CT molecular complexity index is 777. The lowest BCUT2D eigenvalue weighted by atomic mass is 9.89.